The summed E-state index contributed by atoms with van der Waals surface area (Å²) >= 11 is 1.50. The molecule has 110 valence electrons. The van der Waals surface area contributed by atoms with Crippen molar-refractivity contribution in [3.63, 3.8) is 0 Å². The maximum absolute atomic E-state index is 12.0. The van der Waals surface area contributed by atoms with Crippen LogP contribution in [0.5, 0.6) is 5.75 Å². The third kappa shape index (κ3) is 4.57. The number of aromatic nitrogens is 1. The molecule has 6 nitrogen and oxygen atoms in total. The van der Waals surface area contributed by atoms with Crippen molar-refractivity contribution in [2.75, 3.05) is 6.61 Å². The molecule has 0 saturated carbocycles. The van der Waals surface area contributed by atoms with E-state index >= 15 is 0 Å². The molecular weight excluding hydrogens is 290 g/mol. The van der Waals surface area contributed by atoms with Crippen molar-refractivity contribution in [1.29, 1.82) is 0 Å². The van der Waals surface area contributed by atoms with E-state index in [-0.39, 0.29) is 12.5 Å². The zero-order valence-corrected chi connectivity index (χ0v) is 12.3. The molecule has 2 amide bonds. The van der Waals surface area contributed by atoms with E-state index in [0.29, 0.717) is 17.9 Å². The second kappa shape index (κ2) is 6.85. The SMILES string of the molecule is Cc1csc(CNC(=O)c2cccc(OCC(N)=O)c2)n1. The Bertz CT molecular complexity index is 654. The molecule has 0 radical (unpaired) electrons. The Hall–Kier alpha value is -2.41. The Morgan fingerprint density at radius 2 is 2.24 bits per heavy atom. The van der Waals surface area contributed by atoms with Gasteiger partial charge in [-0.1, -0.05) is 6.07 Å². The molecule has 1 aromatic heterocycles. The predicted octanol–water partition coefficient (Wildman–Crippen LogP) is 1.25. The Morgan fingerprint density at radius 3 is 2.90 bits per heavy atom. The molecule has 1 aromatic carbocycles. The first-order valence-electron chi connectivity index (χ1n) is 6.25. The van der Waals surface area contributed by atoms with Crippen LogP contribution in [0, 0.1) is 6.92 Å². The normalized spacial score (nSPS) is 10.1. The molecule has 0 spiro atoms. The molecule has 0 aliphatic rings. The summed E-state index contributed by atoms with van der Waals surface area (Å²) in [6.07, 6.45) is 0. The van der Waals surface area contributed by atoms with E-state index < -0.39 is 5.91 Å². The fraction of sp³-hybridized carbons (Fsp3) is 0.214. The Kier molecular flexibility index (Phi) is 4.89. The van der Waals surface area contributed by atoms with Crippen LogP contribution in [0.2, 0.25) is 0 Å². The number of nitrogens with zero attached hydrogens (tertiary/aromatic N) is 1. The number of benzene rings is 1. The summed E-state index contributed by atoms with van der Waals surface area (Å²) in [7, 11) is 0. The molecule has 7 heteroatoms. The monoisotopic (exact) mass is 305 g/mol. The Labute approximate surface area is 125 Å². The summed E-state index contributed by atoms with van der Waals surface area (Å²) in [4.78, 5) is 27.0. The van der Waals surface area contributed by atoms with Gasteiger partial charge in [0.05, 0.1) is 6.54 Å². The summed E-state index contributed by atoms with van der Waals surface area (Å²) in [5.41, 5.74) is 6.39. The maximum Gasteiger partial charge on any atom is 0.255 e. The Morgan fingerprint density at radius 1 is 1.43 bits per heavy atom. The number of primary amides is 1. The molecule has 0 aliphatic carbocycles. The largest absolute Gasteiger partial charge is 0.484 e. The van der Waals surface area contributed by atoms with Crippen molar-refractivity contribution in [3.8, 4) is 5.75 Å². The maximum atomic E-state index is 12.0. The van der Waals surface area contributed by atoms with Crippen LogP contribution in [0.15, 0.2) is 29.6 Å². The van der Waals surface area contributed by atoms with Gasteiger partial charge in [0.15, 0.2) is 6.61 Å². The molecule has 0 saturated heterocycles. The lowest BCUT2D eigenvalue weighted by atomic mass is 10.2. The summed E-state index contributed by atoms with van der Waals surface area (Å²) in [5.74, 6) is -0.372. The second-order valence-corrected chi connectivity index (χ2v) is 5.29. The van der Waals surface area contributed by atoms with E-state index in [2.05, 4.69) is 10.3 Å². The van der Waals surface area contributed by atoms with Crippen LogP contribution in [0.1, 0.15) is 21.1 Å². The van der Waals surface area contributed by atoms with E-state index in [0.717, 1.165) is 10.7 Å². The van der Waals surface area contributed by atoms with E-state index in [9.17, 15) is 9.59 Å². The lowest BCUT2D eigenvalue weighted by Crippen LogP contribution is -2.23. The smallest absolute Gasteiger partial charge is 0.255 e. The molecule has 0 unspecified atom stereocenters. The number of carbonyl (C=O) groups is 2. The van der Waals surface area contributed by atoms with Crippen molar-refractivity contribution in [3.05, 3.63) is 45.9 Å². The lowest BCUT2D eigenvalue weighted by molar-refractivity contribution is -0.119. The topological polar surface area (TPSA) is 94.3 Å². The van der Waals surface area contributed by atoms with Crippen molar-refractivity contribution < 1.29 is 14.3 Å². The zero-order chi connectivity index (χ0) is 15.2. The van der Waals surface area contributed by atoms with Gasteiger partial charge in [-0.05, 0) is 25.1 Å². The predicted molar refractivity (Wildman–Crippen MR) is 79.2 cm³/mol. The van der Waals surface area contributed by atoms with Crippen molar-refractivity contribution in [2.24, 2.45) is 5.73 Å². The van der Waals surface area contributed by atoms with Gasteiger partial charge in [-0.3, -0.25) is 9.59 Å². The van der Waals surface area contributed by atoms with Crippen LogP contribution in [0.25, 0.3) is 0 Å². The first kappa shape index (κ1) is 15.0. The molecular formula is C14H15N3O3S. The number of hydrogen-bond donors (Lipinski definition) is 2. The van der Waals surface area contributed by atoms with Crippen molar-refractivity contribution in [1.82, 2.24) is 10.3 Å². The third-order valence-electron chi connectivity index (χ3n) is 2.54. The summed E-state index contributed by atoms with van der Waals surface area (Å²) in [5, 5.41) is 5.56. The van der Waals surface area contributed by atoms with Gasteiger partial charge in [-0.2, -0.15) is 0 Å². The number of aryl methyl sites for hydroxylation is 1. The van der Waals surface area contributed by atoms with Gasteiger partial charge >= 0.3 is 0 Å². The van der Waals surface area contributed by atoms with Crippen LogP contribution in [-0.4, -0.2) is 23.4 Å². The number of nitrogens with one attached hydrogen (secondary N) is 1. The molecule has 2 rings (SSSR count). The number of amides is 2. The van der Waals surface area contributed by atoms with Gasteiger partial charge in [-0.15, -0.1) is 11.3 Å². The minimum absolute atomic E-state index is 0.219. The van der Waals surface area contributed by atoms with Crippen LogP contribution < -0.4 is 15.8 Å². The van der Waals surface area contributed by atoms with Crippen LogP contribution >= 0.6 is 11.3 Å². The highest BCUT2D eigenvalue weighted by molar-refractivity contribution is 7.09. The van der Waals surface area contributed by atoms with Crippen molar-refractivity contribution in [2.45, 2.75) is 13.5 Å². The number of hydrogen-bond acceptors (Lipinski definition) is 5. The average Bonchev–Trinajstić information content (AvgIpc) is 2.88. The minimum Gasteiger partial charge on any atom is -0.484 e. The molecule has 1 heterocycles. The summed E-state index contributed by atoms with van der Waals surface area (Å²) < 4.78 is 5.16. The fourth-order valence-electron chi connectivity index (χ4n) is 1.62. The molecule has 2 aromatic rings. The Balaban J connectivity index is 1.95. The molecule has 0 bridgehead atoms. The lowest BCUT2D eigenvalue weighted by Gasteiger charge is -2.07. The molecule has 21 heavy (non-hydrogen) atoms. The summed E-state index contributed by atoms with van der Waals surface area (Å²) in [6, 6.07) is 6.56. The minimum atomic E-state index is -0.566. The van der Waals surface area contributed by atoms with Crippen LogP contribution in [0.4, 0.5) is 0 Å². The van der Waals surface area contributed by atoms with Gasteiger partial charge in [-0.25, -0.2) is 4.98 Å². The average molecular weight is 305 g/mol. The van der Waals surface area contributed by atoms with E-state index in [1.807, 2.05) is 12.3 Å². The third-order valence-corrected chi connectivity index (χ3v) is 3.51. The first-order chi connectivity index (χ1) is 10.0. The van der Waals surface area contributed by atoms with Crippen LogP contribution in [-0.2, 0) is 11.3 Å². The number of ether oxygens (including phenoxy) is 1. The number of nitrogens with two attached hydrogens (primary N) is 1. The molecule has 0 fully saturated rings. The van der Waals surface area contributed by atoms with Crippen molar-refractivity contribution >= 4 is 23.2 Å². The number of carbonyl (C=O) groups excluding carboxylic acids is 2. The van der Waals surface area contributed by atoms with E-state index in [4.69, 9.17) is 10.5 Å². The first-order valence-corrected chi connectivity index (χ1v) is 7.13. The highest BCUT2D eigenvalue weighted by atomic mass is 32.1. The van der Waals surface area contributed by atoms with Gasteiger partial charge in [0.2, 0.25) is 0 Å². The summed E-state index contributed by atoms with van der Waals surface area (Å²) in [6.45, 7) is 2.06. The van der Waals surface area contributed by atoms with Gasteiger partial charge in [0, 0.05) is 16.6 Å². The number of thiazole rings is 1. The number of rotatable bonds is 6. The van der Waals surface area contributed by atoms with Gasteiger partial charge in [0.1, 0.15) is 10.8 Å². The molecule has 0 atom stereocenters. The zero-order valence-electron chi connectivity index (χ0n) is 11.5. The fourth-order valence-corrected chi connectivity index (χ4v) is 2.33. The van der Waals surface area contributed by atoms with E-state index in [1.165, 1.54) is 11.3 Å². The quantitative estimate of drug-likeness (QED) is 0.839. The molecule has 0 aliphatic heterocycles. The van der Waals surface area contributed by atoms with E-state index in [1.54, 1.807) is 24.3 Å². The molecule has 3 N–H and O–H groups in total. The van der Waals surface area contributed by atoms with Gasteiger partial charge in [0.25, 0.3) is 11.8 Å². The second-order valence-electron chi connectivity index (χ2n) is 4.35. The van der Waals surface area contributed by atoms with Gasteiger partial charge < -0.3 is 15.8 Å². The highest BCUT2D eigenvalue weighted by Crippen LogP contribution is 2.14. The van der Waals surface area contributed by atoms with Crippen LogP contribution in [0.3, 0.4) is 0 Å². The highest BCUT2D eigenvalue weighted by Gasteiger charge is 2.08. The standard InChI is InChI=1S/C14H15N3O3S/c1-9-8-21-13(17-9)6-16-14(19)10-3-2-4-11(5-10)20-7-12(15)18/h2-5,8H,6-7H2,1H3,(H2,15,18)(H,16,19).